The molecule has 0 bridgehead atoms. The van der Waals surface area contributed by atoms with Crippen molar-refractivity contribution in [1.29, 1.82) is 0 Å². The number of piperidine rings is 1. The highest BCUT2D eigenvalue weighted by molar-refractivity contribution is 5.88. The van der Waals surface area contributed by atoms with Crippen LogP contribution in [0.3, 0.4) is 0 Å². The lowest BCUT2D eigenvalue weighted by molar-refractivity contribution is -0.129. The monoisotopic (exact) mass is 393 g/mol. The maximum atomic E-state index is 11.9. The fourth-order valence-electron chi connectivity index (χ4n) is 2.92. The number of nitrogens with zero attached hydrogens (tertiary/aromatic N) is 3. The number of rotatable bonds is 3. The Morgan fingerprint density at radius 2 is 2.04 bits per heavy atom. The van der Waals surface area contributed by atoms with Crippen LogP contribution in [-0.2, 0) is 4.79 Å². The van der Waals surface area contributed by atoms with Crippen LogP contribution in [0.25, 0.3) is 11.0 Å². The summed E-state index contributed by atoms with van der Waals surface area (Å²) in [5, 5.41) is 4.41. The second-order valence-corrected chi connectivity index (χ2v) is 6.78. The molecule has 2 aromatic heterocycles. The minimum Gasteiger partial charge on any atom is -0.365 e. The molecule has 0 aromatic carbocycles. The second-order valence-electron chi connectivity index (χ2n) is 6.78. The molecule has 1 saturated carbocycles. The van der Waals surface area contributed by atoms with E-state index in [4.69, 9.17) is 0 Å². The zero-order chi connectivity index (χ0) is 20.7. The van der Waals surface area contributed by atoms with E-state index in [0.717, 1.165) is 29.7 Å². The number of alkyl halides is 2. The van der Waals surface area contributed by atoms with Crippen molar-refractivity contribution in [3.63, 3.8) is 0 Å². The number of hydrogen-bond acceptors (Lipinski definition) is 4. The van der Waals surface area contributed by atoms with Crippen molar-refractivity contribution in [2.75, 3.05) is 11.9 Å². The van der Waals surface area contributed by atoms with Gasteiger partial charge in [-0.05, 0) is 31.9 Å². The summed E-state index contributed by atoms with van der Waals surface area (Å²) < 4.78 is 22.3. The van der Waals surface area contributed by atoms with Gasteiger partial charge in [-0.3, -0.25) is 4.79 Å². The van der Waals surface area contributed by atoms with E-state index in [1.807, 2.05) is 31.0 Å². The third-order valence-electron chi connectivity index (χ3n) is 4.66. The molecule has 2 N–H and O–H groups in total. The molecule has 154 valence electrons. The first-order valence-corrected chi connectivity index (χ1v) is 9.75. The van der Waals surface area contributed by atoms with Gasteiger partial charge in [-0.25, -0.2) is 18.7 Å². The summed E-state index contributed by atoms with van der Waals surface area (Å²) in [5.41, 5.74) is 0.815. The van der Waals surface area contributed by atoms with E-state index >= 15 is 0 Å². The third kappa shape index (κ3) is 5.74. The van der Waals surface area contributed by atoms with Crippen molar-refractivity contribution < 1.29 is 13.6 Å². The molecule has 1 amide bonds. The average Bonchev–Trinajstić information content (AvgIpc) is 3.19. The smallest absolute Gasteiger partial charge is 0.248 e. The van der Waals surface area contributed by atoms with Crippen LogP contribution in [0, 0.1) is 0 Å². The highest BCUT2D eigenvalue weighted by atomic mass is 19.3. The Morgan fingerprint density at radius 1 is 1.36 bits per heavy atom. The highest BCUT2D eigenvalue weighted by Crippen LogP contribution is 2.40. The van der Waals surface area contributed by atoms with Gasteiger partial charge < -0.3 is 15.2 Å². The molecule has 2 aromatic rings. The Bertz CT molecular complexity index is 786. The highest BCUT2D eigenvalue weighted by Gasteiger charge is 2.43. The lowest BCUT2D eigenvalue weighted by atomic mass is 9.99. The molecule has 0 radical (unpaired) electrons. The van der Waals surface area contributed by atoms with Gasteiger partial charge in [0, 0.05) is 37.7 Å². The van der Waals surface area contributed by atoms with Crippen molar-refractivity contribution in [3.8, 4) is 0 Å². The fourth-order valence-corrected chi connectivity index (χ4v) is 2.92. The van der Waals surface area contributed by atoms with Crippen LogP contribution in [0.4, 0.5) is 14.6 Å². The van der Waals surface area contributed by atoms with Crippen molar-refractivity contribution in [2.24, 2.45) is 0 Å². The average molecular weight is 393 g/mol. The number of carbonyl (C=O) groups is 1. The van der Waals surface area contributed by atoms with Gasteiger partial charge in [0.25, 0.3) is 0 Å². The second kappa shape index (κ2) is 9.61. The summed E-state index contributed by atoms with van der Waals surface area (Å²) in [5.74, 6) is -1.45. The van der Waals surface area contributed by atoms with Crippen LogP contribution in [0.1, 0.15) is 46.5 Å². The Morgan fingerprint density at radius 3 is 2.64 bits per heavy atom. The maximum Gasteiger partial charge on any atom is 0.248 e. The largest absolute Gasteiger partial charge is 0.365 e. The molecule has 6 nitrogen and oxygen atoms in total. The predicted molar refractivity (Wildman–Crippen MR) is 107 cm³/mol. The van der Waals surface area contributed by atoms with Gasteiger partial charge in [0.05, 0.1) is 5.39 Å². The number of aromatic nitrogens is 3. The number of halogens is 2. The van der Waals surface area contributed by atoms with Crippen LogP contribution >= 0.6 is 0 Å². The van der Waals surface area contributed by atoms with E-state index in [2.05, 4.69) is 33.8 Å². The standard InChI is InChI=1S/C15H19N5O.C3H4F2.C2H6/c1-3-13(21)20-8-11(5-4-10(20)2)19-15-12-6-7-16-14(12)17-9-18-15;4-3(5)1-2-3;1-2/h3,6-7,9-11H,1,4-5,8H2,2H3,(H2,16,17,18,19);1-2H2;1-2H3. The van der Waals surface area contributed by atoms with Gasteiger partial charge >= 0.3 is 0 Å². The normalized spacial score (nSPS) is 22.2. The van der Waals surface area contributed by atoms with Crippen LogP contribution in [-0.4, -0.2) is 50.3 Å². The molecule has 28 heavy (non-hydrogen) atoms. The van der Waals surface area contributed by atoms with Crippen molar-refractivity contribution >= 4 is 22.8 Å². The zero-order valence-electron chi connectivity index (χ0n) is 16.7. The number of aromatic amines is 1. The maximum absolute atomic E-state index is 11.9. The third-order valence-corrected chi connectivity index (χ3v) is 4.66. The fraction of sp³-hybridized carbons (Fsp3) is 0.550. The molecule has 0 spiro atoms. The van der Waals surface area contributed by atoms with E-state index in [9.17, 15) is 13.6 Å². The van der Waals surface area contributed by atoms with E-state index < -0.39 is 5.92 Å². The van der Waals surface area contributed by atoms with Crippen molar-refractivity contribution in [2.45, 2.75) is 64.5 Å². The Hall–Kier alpha value is -2.51. The zero-order valence-corrected chi connectivity index (χ0v) is 16.7. The molecule has 1 aliphatic heterocycles. The van der Waals surface area contributed by atoms with Crippen LogP contribution < -0.4 is 5.32 Å². The van der Waals surface area contributed by atoms with Crippen LogP contribution in [0.15, 0.2) is 31.2 Å². The molecule has 1 aliphatic carbocycles. The molecule has 4 rings (SSSR count). The number of likely N-dealkylation sites (tertiary alicyclic amines) is 1. The Labute approximate surface area is 164 Å². The number of anilines is 1. The van der Waals surface area contributed by atoms with Gasteiger partial charge in [-0.15, -0.1) is 0 Å². The summed E-state index contributed by atoms with van der Waals surface area (Å²) >= 11 is 0. The van der Waals surface area contributed by atoms with E-state index in [0.29, 0.717) is 6.54 Å². The number of nitrogens with one attached hydrogen (secondary N) is 2. The molecule has 3 heterocycles. The van der Waals surface area contributed by atoms with Crippen molar-refractivity contribution in [1.82, 2.24) is 19.9 Å². The summed E-state index contributed by atoms with van der Waals surface area (Å²) in [6, 6.07) is 2.40. The lowest BCUT2D eigenvalue weighted by Crippen LogP contribution is -2.49. The Balaban J connectivity index is 0.000000342. The van der Waals surface area contributed by atoms with Gasteiger partial charge in [0.15, 0.2) is 0 Å². The molecule has 2 aliphatic rings. The Kier molecular flexibility index (Phi) is 7.48. The van der Waals surface area contributed by atoms with E-state index in [1.165, 1.54) is 6.08 Å². The summed E-state index contributed by atoms with van der Waals surface area (Å²) in [6.07, 6.45) is 6.99. The number of amides is 1. The molecular weight excluding hydrogens is 364 g/mol. The lowest BCUT2D eigenvalue weighted by Gasteiger charge is -2.38. The van der Waals surface area contributed by atoms with E-state index in [-0.39, 0.29) is 30.8 Å². The molecule has 2 atom stereocenters. The van der Waals surface area contributed by atoms with Crippen molar-refractivity contribution in [3.05, 3.63) is 31.2 Å². The molecule has 1 saturated heterocycles. The molecule has 8 heteroatoms. The minimum absolute atomic E-state index is 0.0107. The predicted octanol–water partition coefficient (Wildman–Crippen LogP) is 4.38. The summed E-state index contributed by atoms with van der Waals surface area (Å²) in [7, 11) is 0. The number of fused-ring (bicyclic) bond motifs is 1. The number of hydrogen-bond donors (Lipinski definition) is 2. The van der Waals surface area contributed by atoms with Crippen LogP contribution in [0.5, 0.6) is 0 Å². The minimum atomic E-state index is -2.25. The summed E-state index contributed by atoms with van der Waals surface area (Å²) in [4.78, 5) is 25.3. The van der Waals surface area contributed by atoms with E-state index in [1.54, 1.807) is 6.33 Å². The van der Waals surface area contributed by atoms with Crippen LogP contribution in [0.2, 0.25) is 0 Å². The molecule has 2 unspecified atom stereocenters. The number of H-pyrrole nitrogens is 1. The molecular formula is C20H29F2N5O. The first-order valence-electron chi connectivity index (χ1n) is 9.75. The summed E-state index contributed by atoms with van der Waals surface area (Å²) in [6.45, 7) is 10.3. The quantitative estimate of drug-likeness (QED) is 0.759. The molecule has 2 fully saturated rings. The van der Waals surface area contributed by atoms with Gasteiger partial charge in [-0.1, -0.05) is 20.4 Å². The first kappa shape index (κ1) is 21.8. The van der Waals surface area contributed by atoms with Gasteiger partial charge in [-0.2, -0.15) is 0 Å². The topological polar surface area (TPSA) is 73.9 Å². The number of carbonyl (C=O) groups excluding carboxylic acids is 1. The van der Waals surface area contributed by atoms with Gasteiger partial charge in [0.1, 0.15) is 17.8 Å². The van der Waals surface area contributed by atoms with Gasteiger partial charge in [0.2, 0.25) is 11.8 Å². The SMILES string of the molecule is C=CC(=O)N1CC(Nc2ncnc3[nH]ccc23)CCC1C.CC.FC1(F)CC1. The first-order chi connectivity index (χ1) is 13.4.